The predicted molar refractivity (Wildman–Crippen MR) is 111 cm³/mol. The van der Waals surface area contributed by atoms with Crippen molar-refractivity contribution in [3.63, 3.8) is 0 Å². The molecule has 0 bridgehead atoms. The number of hydrogen-bond acceptors (Lipinski definition) is 5. The molecule has 0 spiro atoms. The fraction of sp³-hybridized carbons (Fsp3) is 0.500. The minimum atomic E-state index is 0.328. The molecule has 1 atom stereocenters. The molecule has 2 aromatic rings. The van der Waals surface area contributed by atoms with Gasteiger partial charge in [-0.25, -0.2) is 4.99 Å². The van der Waals surface area contributed by atoms with E-state index in [1.54, 1.807) is 0 Å². The van der Waals surface area contributed by atoms with Crippen LogP contribution in [0.25, 0.3) is 0 Å². The summed E-state index contributed by atoms with van der Waals surface area (Å²) in [5, 5.41) is 9.02. The topological polar surface area (TPSA) is 61.8 Å². The second kappa shape index (κ2) is 10.4. The van der Waals surface area contributed by atoms with E-state index in [1.165, 1.54) is 10.4 Å². The van der Waals surface area contributed by atoms with Gasteiger partial charge in [-0.15, -0.1) is 11.3 Å². The van der Waals surface area contributed by atoms with E-state index in [2.05, 4.69) is 57.9 Å². The van der Waals surface area contributed by atoms with E-state index in [1.807, 2.05) is 23.6 Å². The van der Waals surface area contributed by atoms with Crippen LogP contribution in [0.4, 0.5) is 0 Å². The summed E-state index contributed by atoms with van der Waals surface area (Å²) in [6.07, 6.45) is 1.82. The summed E-state index contributed by atoms with van der Waals surface area (Å²) in [6.45, 7) is 9.90. The molecule has 1 unspecified atom stereocenters. The fourth-order valence-electron chi connectivity index (χ4n) is 3.15. The Kier molecular flexibility index (Phi) is 7.62. The molecule has 1 saturated heterocycles. The molecule has 3 rings (SSSR count). The SMILES string of the molecule is CCNC(=NCc1ncccc1C)NCC(c1cccs1)N1CCOCC1. The van der Waals surface area contributed by atoms with Crippen LogP contribution in [0.2, 0.25) is 0 Å². The summed E-state index contributed by atoms with van der Waals surface area (Å²) in [5.74, 6) is 0.831. The number of morpholine rings is 1. The zero-order valence-electron chi connectivity index (χ0n) is 16.1. The number of ether oxygens (including phenoxy) is 1. The molecule has 3 heterocycles. The molecule has 0 saturated carbocycles. The maximum Gasteiger partial charge on any atom is 0.191 e. The first-order valence-electron chi connectivity index (χ1n) is 9.55. The van der Waals surface area contributed by atoms with Gasteiger partial charge in [0.05, 0.1) is 31.5 Å². The van der Waals surface area contributed by atoms with Gasteiger partial charge in [-0.3, -0.25) is 9.88 Å². The number of aryl methyl sites for hydroxylation is 1. The Labute approximate surface area is 165 Å². The average molecular weight is 388 g/mol. The van der Waals surface area contributed by atoms with E-state index in [0.717, 1.165) is 51.0 Å². The predicted octanol–water partition coefficient (Wildman–Crippen LogP) is 2.58. The maximum atomic E-state index is 5.53. The summed E-state index contributed by atoms with van der Waals surface area (Å²) in [6, 6.07) is 8.70. The van der Waals surface area contributed by atoms with Gasteiger partial charge in [-0.1, -0.05) is 12.1 Å². The smallest absolute Gasteiger partial charge is 0.191 e. The van der Waals surface area contributed by atoms with Gasteiger partial charge in [0, 0.05) is 37.3 Å². The molecule has 1 aliphatic heterocycles. The van der Waals surface area contributed by atoms with Crippen molar-refractivity contribution in [2.45, 2.75) is 26.4 Å². The van der Waals surface area contributed by atoms with Crippen molar-refractivity contribution >= 4 is 17.3 Å². The lowest BCUT2D eigenvalue weighted by atomic mass is 10.2. The van der Waals surface area contributed by atoms with E-state index >= 15 is 0 Å². The number of nitrogens with zero attached hydrogens (tertiary/aromatic N) is 3. The second-order valence-electron chi connectivity index (χ2n) is 6.52. The number of aromatic nitrogens is 1. The van der Waals surface area contributed by atoms with Crippen LogP contribution >= 0.6 is 11.3 Å². The first kappa shape index (κ1) is 19.8. The van der Waals surface area contributed by atoms with E-state index < -0.39 is 0 Å². The van der Waals surface area contributed by atoms with E-state index in [0.29, 0.717) is 12.6 Å². The summed E-state index contributed by atoms with van der Waals surface area (Å²) >= 11 is 1.81. The normalized spacial score (nSPS) is 16.9. The summed E-state index contributed by atoms with van der Waals surface area (Å²) in [4.78, 5) is 13.0. The van der Waals surface area contributed by atoms with Gasteiger partial charge in [0.2, 0.25) is 0 Å². The first-order chi connectivity index (χ1) is 13.3. The zero-order valence-corrected chi connectivity index (χ0v) is 17.0. The highest BCUT2D eigenvalue weighted by molar-refractivity contribution is 7.10. The van der Waals surface area contributed by atoms with E-state index in [4.69, 9.17) is 9.73 Å². The van der Waals surface area contributed by atoms with Gasteiger partial charge in [-0.2, -0.15) is 0 Å². The third-order valence-corrected chi connectivity index (χ3v) is 5.64. The van der Waals surface area contributed by atoms with Crippen LogP contribution in [0.3, 0.4) is 0 Å². The monoisotopic (exact) mass is 387 g/mol. The molecular weight excluding hydrogens is 358 g/mol. The number of thiophene rings is 1. The van der Waals surface area contributed by atoms with Crippen molar-refractivity contribution in [2.24, 2.45) is 4.99 Å². The highest BCUT2D eigenvalue weighted by Crippen LogP contribution is 2.25. The largest absolute Gasteiger partial charge is 0.379 e. The zero-order chi connectivity index (χ0) is 18.9. The Balaban J connectivity index is 1.66. The van der Waals surface area contributed by atoms with Crippen LogP contribution in [-0.2, 0) is 11.3 Å². The number of guanidine groups is 1. The molecule has 2 aromatic heterocycles. The van der Waals surface area contributed by atoms with Gasteiger partial charge in [-0.05, 0) is 36.9 Å². The highest BCUT2D eigenvalue weighted by atomic mass is 32.1. The van der Waals surface area contributed by atoms with Gasteiger partial charge >= 0.3 is 0 Å². The molecule has 6 nitrogen and oxygen atoms in total. The summed E-state index contributed by atoms with van der Waals surface area (Å²) in [7, 11) is 0. The minimum Gasteiger partial charge on any atom is -0.379 e. The van der Waals surface area contributed by atoms with Crippen LogP contribution in [0.5, 0.6) is 0 Å². The van der Waals surface area contributed by atoms with Crippen LogP contribution in [0.15, 0.2) is 40.8 Å². The molecule has 1 aliphatic rings. The quantitative estimate of drug-likeness (QED) is 0.565. The van der Waals surface area contributed by atoms with Gasteiger partial charge in [0.15, 0.2) is 5.96 Å². The van der Waals surface area contributed by atoms with Gasteiger partial charge in [0.25, 0.3) is 0 Å². The third kappa shape index (κ3) is 5.76. The third-order valence-electron chi connectivity index (χ3n) is 4.67. The van der Waals surface area contributed by atoms with Crippen molar-refractivity contribution in [3.05, 3.63) is 52.0 Å². The lowest BCUT2D eigenvalue weighted by Gasteiger charge is -2.34. The van der Waals surface area contributed by atoms with Crippen molar-refractivity contribution < 1.29 is 4.74 Å². The van der Waals surface area contributed by atoms with Gasteiger partial charge < -0.3 is 15.4 Å². The van der Waals surface area contributed by atoms with Crippen molar-refractivity contribution in [3.8, 4) is 0 Å². The number of nitrogens with one attached hydrogen (secondary N) is 2. The van der Waals surface area contributed by atoms with Crippen molar-refractivity contribution in [2.75, 3.05) is 39.4 Å². The van der Waals surface area contributed by atoms with Crippen LogP contribution < -0.4 is 10.6 Å². The average Bonchev–Trinajstić information content (AvgIpc) is 3.22. The van der Waals surface area contributed by atoms with Crippen LogP contribution in [0, 0.1) is 6.92 Å². The molecule has 0 radical (unpaired) electrons. The second-order valence-corrected chi connectivity index (χ2v) is 7.50. The first-order valence-corrected chi connectivity index (χ1v) is 10.4. The molecular formula is C20H29N5OS. The van der Waals surface area contributed by atoms with E-state index in [9.17, 15) is 0 Å². The van der Waals surface area contributed by atoms with Crippen molar-refractivity contribution in [1.82, 2.24) is 20.5 Å². The molecule has 1 fully saturated rings. The van der Waals surface area contributed by atoms with Gasteiger partial charge in [0.1, 0.15) is 0 Å². The minimum absolute atomic E-state index is 0.328. The molecule has 7 heteroatoms. The molecule has 2 N–H and O–H groups in total. The number of hydrogen-bond donors (Lipinski definition) is 2. The Hall–Kier alpha value is -1.96. The molecule has 146 valence electrons. The number of rotatable bonds is 7. The molecule has 27 heavy (non-hydrogen) atoms. The maximum absolute atomic E-state index is 5.53. The van der Waals surface area contributed by atoms with Crippen LogP contribution in [-0.4, -0.2) is 55.2 Å². The summed E-state index contributed by atoms with van der Waals surface area (Å²) in [5.41, 5.74) is 2.18. The fourth-order valence-corrected chi connectivity index (χ4v) is 4.01. The van der Waals surface area contributed by atoms with Crippen LogP contribution in [0.1, 0.15) is 29.1 Å². The lowest BCUT2D eigenvalue weighted by Crippen LogP contribution is -2.46. The Bertz CT molecular complexity index is 713. The molecule has 0 amide bonds. The Morgan fingerprint density at radius 3 is 2.85 bits per heavy atom. The Morgan fingerprint density at radius 1 is 1.30 bits per heavy atom. The van der Waals surface area contributed by atoms with E-state index in [-0.39, 0.29) is 0 Å². The molecule has 0 aromatic carbocycles. The summed E-state index contributed by atoms with van der Waals surface area (Å²) < 4.78 is 5.53. The molecule has 0 aliphatic carbocycles. The van der Waals surface area contributed by atoms with Crippen molar-refractivity contribution in [1.29, 1.82) is 0 Å². The number of aliphatic imine (C=N–C) groups is 1. The number of pyridine rings is 1. The standard InChI is InChI=1S/C20H29N5OS/c1-3-21-20(23-14-17-16(2)6-4-8-22-17)24-15-18(19-7-5-13-27-19)25-9-11-26-12-10-25/h4-8,13,18H,3,9-12,14-15H2,1-2H3,(H2,21,23,24). The Morgan fingerprint density at radius 2 is 2.15 bits per heavy atom. The highest BCUT2D eigenvalue weighted by Gasteiger charge is 2.23. The lowest BCUT2D eigenvalue weighted by molar-refractivity contribution is 0.0177.